The molecule has 0 spiro atoms. The van der Waals surface area contributed by atoms with Gasteiger partial charge in [0.05, 0.1) is 19.8 Å². The molecule has 2 rings (SSSR count). The summed E-state index contributed by atoms with van der Waals surface area (Å²) in [7, 11) is 0. The molecule has 6 N–H and O–H groups in total. The van der Waals surface area contributed by atoms with Gasteiger partial charge in [-0.3, -0.25) is 0 Å². The van der Waals surface area contributed by atoms with Crippen LogP contribution in [0.15, 0.2) is 60.7 Å². The molecule has 5 atom stereocenters. The number of ether oxygens (including phenoxy) is 2. The van der Waals surface area contributed by atoms with Crippen molar-refractivity contribution in [2.45, 2.75) is 95.2 Å². The van der Waals surface area contributed by atoms with Gasteiger partial charge in [0.2, 0.25) is 0 Å². The minimum atomic E-state index is -2.45. The van der Waals surface area contributed by atoms with Crippen LogP contribution in [0.25, 0.3) is 0 Å². The molecule has 0 heterocycles. The summed E-state index contributed by atoms with van der Waals surface area (Å²) in [5, 5.41) is 66.5. The predicted octanol–water partition coefficient (Wildman–Crippen LogP) is 3.33. The van der Waals surface area contributed by atoms with E-state index in [9.17, 15) is 30.6 Å². The SMILES string of the molecule is C=C(C)CC(O)(Cc1cccc(OCCCC)c1)[C@@H](O)[C@@](O)(Cc1cccc(OCCCC)c1)[C@H](O)[C@@H](O)CO. The van der Waals surface area contributed by atoms with Crippen molar-refractivity contribution < 1.29 is 40.1 Å². The van der Waals surface area contributed by atoms with Crippen molar-refractivity contribution in [2.75, 3.05) is 19.8 Å². The van der Waals surface area contributed by atoms with Crippen LogP contribution < -0.4 is 9.47 Å². The first-order valence-corrected chi connectivity index (χ1v) is 14.2. The zero-order valence-electron chi connectivity index (χ0n) is 24.1. The van der Waals surface area contributed by atoms with Gasteiger partial charge in [0.1, 0.15) is 41.0 Å². The Kier molecular flexibility index (Phi) is 13.6. The van der Waals surface area contributed by atoms with Gasteiger partial charge in [-0.15, -0.1) is 6.58 Å². The molecule has 2 aromatic rings. The second kappa shape index (κ2) is 16.1. The zero-order valence-corrected chi connectivity index (χ0v) is 24.1. The predicted molar refractivity (Wildman–Crippen MR) is 156 cm³/mol. The number of hydrogen-bond acceptors (Lipinski definition) is 8. The summed E-state index contributed by atoms with van der Waals surface area (Å²) < 4.78 is 11.6. The fraction of sp³-hybridized carbons (Fsp3) is 0.562. The second-order valence-corrected chi connectivity index (χ2v) is 10.9. The van der Waals surface area contributed by atoms with Crippen LogP contribution in [0.3, 0.4) is 0 Å². The van der Waals surface area contributed by atoms with E-state index >= 15 is 0 Å². The van der Waals surface area contributed by atoms with Gasteiger partial charge in [0, 0.05) is 12.8 Å². The molecule has 0 amide bonds. The summed E-state index contributed by atoms with van der Waals surface area (Å²) in [6.45, 7) is 9.91. The highest BCUT2D eigenvalue weighted by atomic mass is 16.5. The maximum atomic E-state index is 11.9. The van der Waals surface area contributed by atoms with Crippen molar-refractivity contribution in [3.8, 4) is 11.5 Å². The number of unbranched alkanes of at least 4 members (excludes halogenated alkanes) is 2. The molecule has 2 aromatic carbocycles. The largest absolute Gasteiger partial charge is 0.494 e. The Balaban J connectivity index is 2.46. The summed E-state index contributed by atoms with van der Waals surface area (Å²) in [4.78, 5) is 0. The highest BCUT2D eigenvalue weighted by Crippen LogP contribution is 2.36. The molecule has 1 unspecified atom stereocenters. The molecule has 0 fully saturated rings. The lowest BCUT2D eigenvalue weighted by Gasteiger charge is -2.46. The van der Waals surface area contributed by atoms with E-state index in [0.717, 1.165) is 25.7 Å². The quantitative estimate of drug-likeness (QED) is 0.114. The topological polar surface area (TPSA) is 140 Å². The highest BCUT2D eigenvalue weighted by molar-refractivity contribution is 5.32. The zero-order chi connectivity index (χ0) is 29.8. The maximum absolute atomic E-state index is 11.9. The smallest absolute Gasteiger partial charge is 0.126 e. The van der Waals surface area contributed by atoms with E-state index in [4.69, 9.17) is 9.47 Å². The van der Waals surface area contributed by atoms with Gasteiger partial charge < -0.3 is 40.1 Å². The third kappa shape index (κ3) is 9.58. The Morgan fingerprint density at radius 3 is 1.80 bits per heavy atom. The van der Waals surface area contributed by atoms with Crippen molar-refractivity contribution in [3.05, 3.63) is 71.8 Å². The number of rotatable bonds is 19. The van der Waals surface area contributed by atoms with E-state index in [-0.39, 0.29) is 19.3 Å². The Morgan fingerprint density at radius 1 is 0.850 bits per heavy atom. The lowest BCUT2D eigenvalue weighted by atomic mass is 9.71. The third-order valence-electron chi connectivity index (χ3n) is 6.98. The van der Waals surface area contributed by atoms with Gasteiger partial charge in [0.15, 0.2) is 0 Å². The van der Waals surface area contributed by atoms with Crippen molar-refractivity contribution in [3.63, 3.8) is 0 Å². The Hall–Kier alpha value is -2.46. The van der Waals surface area contributed by atoms with E-state index in [1.807, 2.05) is 0 Å². The first-order valence-electron chi connectivity index (χ1n) is 14.2. The molecule has 0 radical (unpaired) electrons. The lowest BCUT2D eigenvalue weighted by Crippen LogP contribution is -2.66. The second-order valence-electron chi connectivity index (χ2n) is 10.9. The van der Waals surface area contributed by atoms with Crippen LogP contribution in [0.5, 0.6) is 11.5 Å². The summed E-state index contributed by atoms with van der Waals surface area (Å²) in [6.07, 6.45) is -2.54. The van der Waals surface area contributed by atoms with Crippen molar-refractivity contribution in [2.24, 2.45) is 0 Å². The fourth-order valence-corrected chi connectivity index (χ4v) is 4.88. The van der Waals surface area contributed by atoms with E-state index in [0.29, 0.717) is 41.4 Å². The van der Waals surface area contributed by atoms with E-state index in [2.05, 4.69) is 20.4 Å². The Bertz CT molecular complexity index is 1040. The third-order valence-corrected chi connectivity index (χ3v) is 6.98. The van der Waals surface area contributed by atoms with E-state index in [1.165, 1.54) is 0 Å². The molecule has 224 valence electrons. The van der Waals surface area contributed by atoms with Gasteiger partial charge >= 0.3 is 0 Å². The number of aliphatic hydroxyl groups excluding tert-OH is 4. The number of aliphatic hydroxyl groups is 6. The molecule has 0 bridgehead atoms. The number of benzene rings is 2. The molecular formula is C32H48O8. The normalized spacial score (nSPS) is 16.8. The molecule has 8 nitrogen and oxygen atoms in total. The molecule has 0 aliphatic carbocycles. The average Bonchev–Trinajstić information content (AvgIpc) is 2.92. The average molecular weight is 561 g/mol. The van der Waals surface area contributed by atoms with Gasteiger partial charge in [-0.05, 0) is 61.6 Å². The minimum Gasteiger partial charge on any atom is -0.494 e. The maximum Gasteiger partial charge on any atom is 0.126 e. The van der Waals surface area contributed by atoms with Crippen molar-refractivity contribution in [1.82, 2.24) is 0 Å². The highest BCUT2D eigenvalue weighted by Gasteiger charge is 2.54. The summed E-state index contributed by atoms with van der Waals surface area (Å²) >= 11 is 0. The fourth-order valence-electron chi connectivity index (χ4n) is 4.88. The Labute approximate surface area is 238 Å². The minimum absolute atomic E-state index is 0.0977. The van der Waals surface area contributed by atoms with E-state index < -0.39 is 36.1 Å². The van der Waals surface area contributed by atoms with Gasteiger partial charge in [-0.1, -0.05) is 56.5 Å². The van der Waals surface area contributed by atoms with Crippen molar-refractivity contribution in [1.29, 1.82) is 0 Å². The molecule has 0 saturated heterocycles. The Morgan fingerprint density at radius 2 is 1.35 bits per heavy atom. The van der Waals surface area contributed by atoms with E-state index in [1.54, 1.807) is 55.5 Å². The van der Waals surface area contributed by atoms with Gasteiger partial charge in [0.25, 0.3) is 0 Å². The van der Waals surface area contributed by atoms with Crippen molar-refractivity contribution >= 4 is 0 Å². The molecule has 8 heteroatoms. The van der Waals surface area contributed by atoms with Crippen LogP contribution in [0, 0.1) is 0 Å². The summed E-state index contributed by atoms with van der Waals surface area (Å²) in [5.74, 6) is 1.17. The summed E-state index contributed by atoms with van der Waals surface area (Å²) in [5.41, 5.74) is -2.76. The monoisotopic (exact) mass is 560 g/mol. The van der Waals surface area contributed by atoms with Gasteiger partial charge in [-0.25, -0.2) is 0 Å². The van der Waals surface area contributed by atoms with Crippen LogP contribution in [0.1, 0.15) is 64.0 Å². The van der Waals surface area contributed by atoms with Crippen LogP contribution in [-0.4, -0.2) is 80.0 Å². The standard InChI is InChI=1S/C32H48O8/c1-5-7-15-39-26-13-9-11-24(17-26)20-31(37,19-23(3)4)30(36)32(38,29(35)28(34)22-33)21-25-12-10-14-27(18-25)40-16-8-6-2/h9-14,17-18,28-30,33-38H,3,5-8,15-16,19-22H2,1-2,4H3/t28-,29+,30+,31?,32+/m0/s1. The van der Waals surface area contributed by atoms with Crippen LogP contribution in [0.2, 0.25) is 0 Å². The lowest BCUT2D eigenvalue weighted by molar-refractivity contribution is -0.228. The first kappa shape index (κ1) is 33.7. The molecule has 0 aromatic heterocycles. The molecule has 0 saturated carbocycles. The van der Waals surface area contributed by atoms with Crippen LogP contribution >= 0.6 is 0 Å². The molecular weight excluding hydrogens is 512 g/mol. The molecule has 40 heavy (non-hydrogen) atoms. The molecule has 0 aliphatic heterocycles. The molecule has 0 aliphatic rings. The number of hydrogen-bond donors (Lipinski definition) is 6. The summed E-state index contributed by atoms with van der Waals surface area (Å²) in [6, 6.07) is 14.0. The van der Waals surface area contributed by atoms with Crippen LogP contribution in [-0.2, 0) is 12.8 Å². The van der Waals surface area contributed by atoms with Crippen LogP contribution in [0.4, 0.5) is 0 Å². The van der Waals surface area contributed by atoms with Gasteiger partial charge in [-0.2, -0.15) is 0 Å². The first-order chi connectivity index (χ1) is 19.0.